The second kappa shape index (κ2) is 5.78. The Hall–Kier alpha value is -2.67. The van der Waals surface area contributed by atoms with Crippen LogP contribution in [0.4, 0.5) is 0 Å². The Morgan fingerprint density at radius 2 is 1.79 bits per heavy atom. The van der Waals surface area contributed by atoms with Crippen molar-refractivity contribution in [1.29, 1.82) is 5.26 Å². The van der Waals surface area contributed by atoms with E-state index in [4.69, 9.17) is 14.7 Å². The molecule has 0 aromatic heterocycles. The van der Waals surface area contributed by atoms with E-state index in [9.17, 15) is 5.11 Å². The minimum Gasteiger partial charge on any atom is -0.508 e. The monoisotopic (exact) mass is 255 g/mol. The van der Waals surface area contributed by atoms with Gasteiger partial charge in [0.2, 0.25) is 0 Å². The highest BCUT2D eigenvalue weighted by Gasteiger charge is 2.03. The number of hydrogen-bond acceptors (Lipinski definition) is 4. The fourth-order valence-electron chi connectivity index (χ4n) is 1.60. The molecule has 2 aromatic rings. The number of hydrogen-bond donors (Lipinski definition) is 1. The molecule has 96 valence electrons. The zero-order chi connectivity index (χ0) is 13.7. The Kier molecular flexibility index (Phi) is 3.89. The molecule has 0 aliphatic carbocycles. The van der Waals surface area contributed by atoms with Crippen LogP contribution in [-0.2, 0) is 6.61 Å². The lowest BCUT2D eigenvalue weighted by Gasteiger charge is -2.08. The quantitative estimate of drug-likeness (QED) is 0.912. The third kappa shape index (κ3) is 3.39. The van der Waals surface area contributed by atoms with E-state index >= 15 is 0 Å². The van der Waals surface area contributed by atoms with E-state index in [1.54, 1.807) is 49.6 Å². The number of ether oxygens (including phenoxy) is 2. The summed E-state index contributed by atoms with van der Waals surface area (Å²) >= 11 is 0. The number of nitrogens with zero attached hydrogens (tertiary/aromatic N) is 1. The topological polar surface area (TPSA) is 62.5 Å². The molecular weight excluding hydrogens is 242 g/mol. The van der Waals surface area contributed by atoms with Crippen LogP contribution in [0.1, 0.15) is 11.1 Å². The standard InChI is InChI=1S/C15H13NO3/c1-18-14-6-12(9-16)7-15(8-14)19-10-11-2-4-13(17)5-3-11/h2-8,17H,10H2,1H3. The van der Waals surface area contributed by atoms with Crippen molar-refractivity contribution in [3.05, 3.63) is 53.6 Å². The van der Waals surface area contributed by atoms with E-state index in [0.717, 1.165) is 5.56 Å². The van der Waals surface area contributed by atoms with E-state index in [1.807, 2.05) is 0 Å². The summed E-state index contributed by atoms with van der Waals surface area (Å²) < 4.78 is 10.7. The van der Waals surface area contributed by atoms with Crippen molar-refractivity contribution in [3.8, 4) is 23.3 Å². The van der Waals surface area contributed by atoms with Gasteiger partial charge in [0, 0.05) is 6.07 Å². The molecule has 0 radical (unpaired) electrons. The molecule has 4 heteroatoms. The van der Waals surface area contributed by atoms with Gasteiger partial charge in [-0.1, -0.05) is 12.1 Å². The van der Waals surface area contributed by atoms with Crippen LogP contribution in [-0.4, -0.2) is 12.2 Å². The largest absolute Gasteiger partial charge is 0.508 e. The second-order valence-electron chi connectivity index (χ2n) is 3.96. The number of nitriles is 1. The van der Waals surface area contributed by atoms with Crippen LogP contribution in [0.2, 0.25) is 0 Å². The van der Waals surface area contributed by atoms with Crippen molar-refractivity contribution in [2.45, 2.75) is 6.61 Å². The summed E-state index contributed by atoms with van der Waals surface area (Å²) in [7, 11) is 1.54. The molecule has 0 spiro atoms. The van der Waals surface area contributed by atoms with E-state index in [-0.39, 0.29) is 5.75 Å². The van der Waals surface area contributed by atoms with Crippen molar-refractivity contribution in [3.63, 3.8) is 0 Å². The van der Waals surface area contributed by atoms with Gasteiger partial charge in [-0.3, -0.25) is 0 Å². The van der Waals surface area contributed by atoms with Gasteiger partial charge in [0.05, 0.1) is 18.7 Å². The Bertz CT molecular complexity index is 600. The van der Waals surface area contributed by atoms with Gasteiger partial charge in [-0.2, -0.15) is 5.26 Å². The summed E-state index contributed by atoms with van der Waals surface area (Å²) in [6, 6.07) is 13.8. The molecule has 0 fully saturated rings. The van der Waals surface area contributed by atoms with Crippen LogP contribution < -0.4 is 9.47 Å². The molecule has 2 aromatic carbocycles. The Morgan fingerprint density at radius 3 is 2.42 bits per heavy atom. The molecule has 19 heavy (non-hydrogen) atoms. The molecule has 0 heterocycles. The van der Waals surface area contributed by atoms with Crippen molar-refractivity contribution in [2.75, 3.05) is 7.11 Å². The van der Waals surface area contributed by atoms with Gasteiger partial charge in [-0.25, -0.2) is 0 Å². The van der Waals surface area contributed by atoms with Gasteiger partial charge < -0.3 is 14.6 Å². The minimum absolute atomic E-state index is 0.219. The molecule has 0 saturated carbocycles. The van der Waals surface area contributed by atoms with Crippen LogP contribution >= 0.6 is 0 Å². The lowest BCUT2D eigenvalue weighted by molar-refractivity contribution is 0.303. The number of methoxy groups -OCH3 is 1. The zero-order valence-corrected chi connectivity index (χ0v) is 10.5. The number of aromatic hydroxyl groups is 1. The third-order valence-electron chi connectivity index (χ3n) is 2.59. The van der Waals surface area contributed by atoms with Crippen LogP contribution in [0.5, 0.6) is 17.2 Å². The van der Waals surface area contributed by atoms with Gasteiger partial charge in [-0.05, 0) is 29.8 Å². The summed E-state index contributed by atoms with van der Waals surface area (Å²) in [5.41, 5.74) is 1.42. The lowest BCUT2D eigenvalue weighted by atomic mass is 10.2. The second-order valence-corrected chi connectivity index (χ2v) is 3.96. The van der Waals surface area contributed by atoms with E-state index < -0.39 is 0 Å². The predicted molar refractivity (Wildman–Crippen MR) is 70.1 cm³/mol. The number of benzene rings is 2. The Morgan fingerprint density at radius 1 is 1.11 bits per heavy atom. The molecule has 0 amide bonds. The van der Waals surface area contributed by atoms with Crippen molar-refractivity contribution in [1.82, 2.24) is 0 Å². The summed E-state index contributed by atoms with van der Waals surface area (Å²) in [6.07, 6.45) is 0. The SMILES string of the molecule is COc1cc(C#N)cc(OCc2ccc(O)cc2)c1. The molecular formula is C15H13NO3. The van der Waals surface area contributed by atoms with E-state index in [2.05, 4.69) is 6.07 Å². The molecule has 0 aliphatic rings. The van der Waals surface area contributed by atoms with Gasteiger partial charge in [0.1, 0.15) is 23.9 Å². The average Bonchev–Trinajstić information content (AvgIpc) is 2.46. The first kappa shape index (κ1) is 12.8. The predicted octanol–water partition coefficient (Wildman–Crippen LogP) is 2.85. The number of phenolic OH excluding ortho intramolecular Hbond substituents is 1. The smallest absolute Gasteiger partial charge is 0.124 e. The highest BCUT2D eigenvalue weighted by molar-refractivity contribution is 5.44. The fourth-order valence-corrected chi connectivity index (χ4v) is 1.60. The molecule has 2 rings (SSSR count). The number of rotatable bonds is 4. The van der Waals surface area contributed by atoms with Crippen LogP contribution in [0.25, 0.3) is 0 Å². The molecule has 4 nitrogen and oxygen atoms in total. The Labute approximate surface area is 111 Å². The van der Waals surface area contributed by atoms with Crippen LogP contribution in [0, 0.1) is 11.3 Å². The normalized spacial score (nSPS) is 9.68. The summed E-state index contributed by atoms with van der Waals surface area (Å²) in [5.74, 6) is 1.38. The first-order chi connectivity index (χ1) is 9.21. The molecule has 0 aliphatic heterocycles. The van der Waals surface area contributed by atoms with Gasteiger partial charge in [0.15, 0.2) is 0 Å². The summed E-state index contributed by atoms with van der Waals surface area (Å²) in [4.78, 5) is 0. The average molecular weight is 255 g/mol. The number of phenols is 1. The van der Waals surface area contributed by atoms with Crippen molar-refractivity contribution in [2.24, 2.45) is 0 Å². The van der Waals surface area contributed by atoms with Crippen LogP contribution in [0.15, 0.2) is 42.5 Å². The molecule has 0 bridgehead atoms. The Balaban J connectivity index is 2.11. The third-order valence-corrected chi connectivity index (χ3v) is 2.59. The zero-order valence-electron chi connectivity index (χ0n) is 10.5. The van der Waals surface area contributed by atoms with Crippen molar-refractivity contribution < 1.29 is 14.6 Å². The minimum atomic E-state index is 0.219. The fraction of sp³-hybridized carbons (Fsp3) is 0.133. The van der Waals surface area contributed by atoms with Crippen LogP contribution in [0.3, 0.4) is 0 Å². The molecule has 1 N–H and O–H groups in total. The van der Waals surface area contributed by atoms with Gasteiger partial charge in [-0.15, -0.1) is 0 Å². The maximum absolute atomic E-state index is 9.19. The van der Waals surface area contributed by atoms with Gasteiger partial charge >= 0.3 is 0 Å². The van der Waals surface area contributed by atoms with E-state index in [0.29, 0.717) is 23.7 Å². The molecule has 0 saturated heterocycles. The highest BCUT2D eigenvalue weighted by atomic mass is 16.5. The highest BCUT2D eigenvalue weighted by Crippen LogP contribution is 2.23. The molecule has 0 atom stereocenters. The summed E-state index contributed by atoms with van der Waals surface area (Å²) in [5, 5.41) is 18.1. The lowest BCUT2D eigenvalue weighted by Crippen LogP contribution is -1.96. The summed E-state index contributed by atoms with van der Waals surface area (Å²) in [6.45, 7) is 0.359. The maximum Gasteiger partial charge on any atom is 0.124 e. The first-order valence-corrected chi connectivity index (χ1v) is 5.71. The van der Waals surface area contributed by atoms with E-state index in [1.165, 1.54) is 0 Å². The van der Waals surface area contributed by atoms with Crippen molar-refractivity contribution >= 4 is 0 Å². The van der Waals surface area contributed by atoms with Gasteiger partial charge in [0.25, 0.3) is 0 Å². The first-order valence-electron chi connectivity index (χ1n) is 5.71. The maximum atomic E-state index is 9.19. The molecule has 0 unspecified atom stereocenters.